The summed E-state index contributed by atoms with van der Waals surface area (Å²) in [6.07, 6.45) is -0.262. The van der Waals surface area contributed by atoms with Gasteiger partial charge in [-0.1, -0.05) is 12.1 Å². The van der Waals surface area contributed by atoms with E-state index in [4.69, 9.17) is 9.47 Å². The Morgan fingerprint density at radius 2 is 1.82 bits per heavy atom. The molecule has 1 N–H and O–H groups in total. The second kappa shape index (κ2) is 11.5. The molecule has 2 aliphatic heterocycles. The van der Waals surface area contributed by atoms with E-state index in [0.717, 1.165) is 4.90 Å². The summed E-state index contributed by atoms with van der Waals surface area (Å²) in [4.78, 5) is 54.7. The number of carbonyl (C=O) groups excluding carboxylic acids is 4. The number of nitrogens with zero attached hydrogens (tertiary/aromatic N) is 2. The molecule has 0 bridgehead atoms. The van der Waals surface area contributed by atoms with Crippen LogP contribution < -0.4 is 14.8 Å². The Bertz CT molecular complexity index is 1250. The van der Waals surface area contributed by atoms with E-state index < -0.39 is 30.4 Å². The van der Waals surface area contributed by atoms with Crippen LogP contribution in [0, 0.1) is 0 Å². The van der Waals surface area contributed by atoms with Crippen LogP contribution in [0.2, 0.25) is 0 Å². The van der Waals surface area contributed by atoms with Crippen molar-refractivity contribution in [3.8, 4) is 11.5 Å². The Balaban J connectivity index is 1.76. The molecular formula is C26H27F2N3O7. The number of anilines is 1. The van der Waals surface area contributed by atoms with Crippen molar-refractivity contribution in [1.29, 1.82) is 0 Å². The second-order valence-corrected chi connectivity index (χ2v) is 8.62. The third kappa shape index (κ3) is 5.59. The first-order chi connectivity index (χ1) is 18.2. The van der Waals surface area contributed by atoms with E-state index in [9.17, 15) is 28.0 Å². The fourth-order valence-electron chi connectivity index (χ4n) is 4.54. The van der Waals surface area contributed by atoms with Crippen LogP contribution in [-0.4, -0.2) is 73.0 Å². The summed E-state index contributed by atoms with van der Waals surface area (Å²) < 4.78 is 41.2. The molecule has 202 valence electrons. The molecule has 10 nitrogen and oxygen atoms in total. The number of alkyl halides is 2. The van der Waals surface area contributed by atoms with Gasteiger partial charge in [0.2, 0.25) is 11.8 Å². The van der Waals surface area contributed by atoms with Crippen molar-refractivity contribution < 1.29 is 42.2 Å². The van der Waals surface area contributed by atoms with Gasteiger partial charge in [0, 0.05) is 20.0 Å². The molecule has 2 heterocycles. The van der Waals surface area contributed by atoms with E-state index >= 15 is 0 Å². The van der Waals surface area contributed by atoms with Crippen LogP contribution in [0.3, 0.4) is 0 Å². The van der Waals surface area contributed by atoms with Crippen molar-refractivity contribution in [2.75, 3.05) is 38.2 Å². The lowest BCUT2D eigenvalue weighted by molar-refractivity contribution is -0.136. The van der Waals surface area contributed by atoms with Gasteiger partial charge in [-0.3, -0.25) is 24.1 Å². The third-order valence-electron chi connectivity index (χ3n) is 6.17. The van der Waals surface area contributed by atoms with Crippen LogP contribution in [0.1, 0.15) is 52.6 Å². The molecule has 1 saturated heterocycles. The zero-order valence-corrected chi connectivity index (χ0v) is 20.9. The first-order valence-electron chi connectivity index (χ1n) is 12.1. The molecule has 0 unspecified atom stereocenters. The Labute approximate surface area is 217 Å². The molecule has 1 fully saturated rings. The molecule has 0 aliphatic carbocycles. The maximum atomic E-state index is 13.7. The number of halogens is 2. The van der Waals surface area contributed by atoms with Crippen molar-refractivity contribution in [2.45, 2.75) is 32.9 Å². The van der Waals surface area contributed by atoms with Crippen LogP contribution in [0.5, 0.6) is 11.5 Å². The molecule has 2 aliphatic rings. The van der Waals surface area contributed by atoms with E-state index in [1.165, 1.54) is 43.3 Å². The van der Waals surface area contributed by atoms with Crippen LogP contribution >= 0.6 is 0 Å². The van der Waals surface area contributed by atoms with Gasteiger partial charge in [-0.05, 0) is 36.8 Å². The highest BCUT2D eigenvalue weighted by Gasteiger charge is 2.43. The average Bonchev–Trinajstić information content (AvgIpc) is 3.14. The van der Waals surface area contributed by atoms with Gasteiger partial charge < -0.3 is 24.4 Å². The summed E-state index contributed by atoms with van der Waals surface area (Å²) in [6.45, 7) is 1.40. The lowest BCUT2D eigenvalue weighted by atomic mass is 10.00. The maximum absolute atomic E-state index is 13.7. The van der Waals surface area contributed by atoms with Gasteiger partial charge in [0.1, 0.15) is 0 Å². The predicted molar refractivity (Wildman–Crippen MR) is 130 cm³/mol. The number of rotatable bonds is 9. The normalized spacial score (nSPS) is 15.9. The lowest BCUT2D eigenvalue weighted by Gasteiger charge is -2.31. The molecule has 0 spiro atoms. The summed E-state index contributed by atoms with van der Waals surface area (Å²) in [7, 11) is 0. The van der Waals surface area contributed by atoms with Gasteiger partial charge in [0.15, 0.2) is 11.5 Å². The fraction of sp³-hybridized carbons (Fsp3) is 0.385. The third-order valence-corrected chi connectivity index (χ3v) is 6.17. The van der Waals surface area contributed by atoms with E-state index in [2.05, 4.69) is 10.1 Å². The molecule has 0 saturated carbocycles. The number of morpholine rings is 1. The monoisotopic (exact) mass is 531 g/mol. The Kier molecular flexibility index (Phi) is 8.20. The summed E-state index contributed by atoms with van der Waals surface area (Å²) >= 11 is 0. The summed E-state index contributed by atoms with van der Waals surface area (Å²) in [5.74, 6) is -2.33. The number of hydrogen-bond acceptors (Lipinski definition) is 7. The fourth-order valence-corrected chi connectivity index (χ4v) is 4.54. The maximum Gasteiger partial charge on any atom is 0.387 e. The second-order valence-electron chi connectivity index (χ2n) is 8.62. The minimum Gasteiger partial charge on any atom is -0.490 e. The zero-order valence-electron chi connectivity index (χ0n) is 20.9. The molecule has 2 aromatic rings. The molecule has 0 radical (unpaired) electrons. The number of imide groups is 1. The van der Waals surface area contributed by atoms with E-state index in [1.807, 2.05) is 0 Å². The van der Waals surface area contributed by atoms with E-state index in [-0.39, 0.29) is 47.2 Å². The SMILES string of the molecule is CCOc1cc([C@H](CC(=O)N2CCOCC2)N2C(=O)c3cccc(NC(C)=O)c3C2=O)ccc1OC(F)F. The van der Waals surface area contributed by atoms with E-state index in [0.29, 0.717) is 31.9 Å². The molecule has 1 atom stereocenters. The number of hydrogen-bond donors (Lipinski definition) is 1. The average molecular weight is 532 g/mol. The lowest BCUT2D eigenvalue weighted by Crippen LogP contribution is -2.43. The summed E-state index contributed by atoms with van der Waals surface area (Å²) in [5, 5.41) is 2.56. The number of ether oxygens (including phenoxy) is 3. The van der Waals surface area contributed by atoms with Gasteiger partial charge in [-0.15, -0.1) is 0 Å². The highest BCUT2D eigenvalue weighted by molar-refractivity contribution is 6.24. The Hall–Kier alpha value is -4.06. The largest absolute Gasteiger partial charge is 0.490 e. The number of benzene rings is 2. The minimum absolute atomic E-state index is 0.0132. The predicted octanol–water partition coefficient (Wildman–Crippen LogP) is 3.23. The number of amides is 4. The minimum atomic E-state index is -3.10. The Morgan fingerprint density at radius 1 is 1.08 bits per heavy atom. The van der Waals surface area contributed by atoms with Gasteiger partial charge in [-0.2, -0.15) is 8.78 Å². The van der Waals surface area contributed by atoms with Crippen LogP contribution in [0.15, 0.2) is 36.4 Å². The number of carbonyl (C=O) groups is 4. The van der Waals surface area contributed by atoms with Crippen molar-refractivity contribution in [1.82, 2.24) is 9.80 Å². The quantitative estimate of drug-likeness (QED) is 0.494. The van der Waals surface area contributed by atoms with Crippen molar-refractivity contribution in [3.05, 3.63) is 53.1 Å². The molecular weight excluding hydrogens is 504 g/mol. The van der Waals surface area contributed by atoms with Gasteiger partial charge in [0.25, 0.3) is 11.8 Å². The van der Waals surface area contributed by atoms with Crippen LogP contribution in [-0.2, 0) is 14.3 Å². The molecule has 0 aromatic heterocycles. The summed E-state index contributed by atoms with van der Waals surface area (Å²) in [5.41, 5.74) is 0.573. The highest BCUT2D eigenvalue weighted by Crippen LogP contribution is 2.40. The van der Waals surface area contributed by atoms with E-state index in [1.54, 1.807) is 11.8 Å². The number of fused-ring (bicyclic) bond motifs is 1. The van der Waals surface area contributed by atoms with Crippen molar-refractivity contribution in [2.24, 2.45) is 0 Å². The standard InChI is InChI=1S/C26H27F2N3O7/c1-3-37-21-13-16(7-8-20(21)38-26(27)28)19(14-22(33)30-9-11-36-12-10-30)31-24(34)17-5-4-6-18(29-15(2)32)23(17)25(31)35/h4-8,13,19,26H,3,9-12,14H2,1-2H3,(H,29,32)/t19-/m0/s1. The van der Waals surface area contributed by atoms with Crippen molar-refractivity contribution in [3.63, 3.8) is 0 Å². The molecule has 38 heavy (non-hydrogen) atoms. The molecule has 4 amide bonds. The molecule has 12 heteroatoms. The highest BCUT2D eigenvalue weighted by atomic mass is 19.3. The van der Waals surface area contributed by atoms with Crippen LogP contribution in [0.4, 0.5) is 14.5 Å². The first-order valence-corrected chi connectivity index (χ1v) is 12.1. The first kappa shape index (κ1) is 27.0. The van der Waals surface area contributed by atoms with Gasteiger partial charge in [-0.25, -0.2) is 0 Å². The van der Waals surface area contributed by atoms with Gasteiger partial charge in [0.05, 0.1) is 49.1 Å². The Morgan fingerprint density at radius 3 is 2.47 bits per heavy atom. The van der Waals surface area contributed by atoms with Crippen LogP contribution in [0.25, 0.3) is 0 Å². The molecule has 2 aromatic carbocycles. The topological polar surface area (TPSA) is 114 Å². The molecule has 4 rings (SSSR count). The zero-order chi connectivity index (χ0) is 27.4. The smallest absolute Gasteiger partial charge is 0.387 e. The number of nitrogens with one attached hydrogen (secondary N) is 1. The van der Waals surface area contributed by atoms with Gasteiger partial charge >= 0.3 is 6.61 Å². The summed E-state index contributed by atoms with van der Waals surface area (Å²) in [6, 6.07) is 7.46. The van der Waals surface area contributed by atoms with Crippen molar-refractivity contribution >= 4 is 29.3 Å².